The number of benzene rings is 2. The van der Waals surface area contributed by atoms with Crippen molar-refractivity contribution in [1.29, 1.82) is 0 Å². The number of aliphatic hydroxyl groups is 1. The van der Waals surface area contributed by atoms with Gasteiger partial charge in [0.15, 0.2) is 0 Å². The zero-order chi connectivity index (χ0) is 20.5. The van der Waals surface area contributed by atoms with Crippen LogP contribution in [0.2, 0.25) is 0 Å². The summed E-state index contributed by atoms with van der Waals surface area (Å²) < 4.78 is 13.8. The van der Waals surface area contributed by atoms with Crippen LogP contribution in [0.25, 0.3) is 5.76 Å². The predicted octanol–water partition coefficient (Wildman–Crippen LogP) is 5.08. The number of halogens is 1. The summed E-state index contributed by atoms with van der Waals surface area (Å²) in [6.07, 6.45) is 0.847. The molecule has 0 radical (unpaired) electrons. The van der Waals surface area contributed by atoms with E-state index in [0.717, 1.165) is 12.0 Å². The van der Waals surface area contributed by atoms with E-state index in [1.807, 2.05) is 30.5 Å². The van der Waals surface area contributed by atoms with E-state index in [1.165, 1.54) is 34.4 Å². The lowest BCUT2D eigenvalue weighted by molar-refractivity contribution is -0.132. The van der Waals surface area contributed by atoms with Crippen LogP contribution < -0.4 is 4.90 Å². The molecule has 2 heterocycles. The number of hydrogen-bond donors (Lipinski definition) is 1. The standard InChI is InChI=1S/C23H18FNO3S/c1-2-14-8-10-15(11-9-14)21(26)19-20(18-7-4-12-29-18)25(23(28)22(19)27)17-6-3-5-16(24)13-17/h3-13,20,26H,2H2,1H3/b21-19-. The number of carbonyl (C=O) groups is 2. The van der Waals surface area contributed by atoms with Crippen molar-refractivity contribution in [3.63, 3.8) is 0 Å². The van der Waals surface area contributed by atoms with Crippen LogP contribution >= 0.6 is 11.3 Å². The third-order valence-electron chi connectivity index (χ3n) is 4.98. The van der Waals surface area contributed by atoms with Crippen LogP contribution in [0.15, 0.2) is 71.6 Å². The van der Waals surface area contributed by atoms with E-state index in [0.29, 0.717) is 10.4 Å². The van der Waals surface area contributed by atoms with Crippen molar-refractivity contribution < 1.29 is 19.1 Å². The molecule has 29 heavy (non-hydrogen) atoms. The predicted molar refractivity (Wildman–Crippen MR) is 111 cm³/mol. The Bertz CT molecular complexity index is 1100. The molecule has 1 N–H and O–H groups in total. The third kappa shape index (κ3) is 3.36. The van der Waals surface area contributed by atoms with Crippen molar-refractivity contribution in [3.05, 3.63) is 93.4 Å². The van der Waals surface area contributed by atoms with Crippen LogP contribution in [0.1, 0.15) is 29.0 Å². The minimum Gasteiger partial charge on any atom is -0.507 e. The van der Waals surface area contributed by atoms with Crippen molar-refractivity contribution >= 4 is 34.5 Å². The normalized spacial score (nSPS) is 18.4. The van der Waals surface area contributed by atoms with E-state index < -0.39 is 23.5 Å². The van der Waals surface area contributed by atoms with Crippen molar-refractivity contribution in [2.24, 2.45) is 0 Å². The number of carbonyl (C=O) groups excluding carboxylic acids is 2. The highest BCUT2D eigenvalue weighted by Crippen LogP contribution is 2.43. The average molecular weight is 407 g/mol. The minimum atomic E-state index is -0.817. The molecule has 3 aromatic rings. The zero-order valence-electron chi connectivity index (χ0n) is 15.6. The maximum absolute atomic E-state index is 13.8. The van der Waals surface area contributed by atoms with Gasteiger partial charge in [-0.05, 0) is 41.6 Å². The second-order valence-electron chi connectivity index (χ2n) is 6.71. The van der Waals surface area contributed by atoms with Gasteiger partial charge in [0.05, 0.1) is 5.57 Å². The van der Waals surface area contributed by atoms with Gasteiger partial charge in [0.25, 0.3) is 11.7 Å². The molecule has 1 atom stereocenters. The fourth-order valence-electron chi connectivity index (χ4n) is 3.49. The molecule has 0 saturated carbocycles. The largest absolute Gasteiger partial charge is 0.507 e. The summed E-state index contributed by atoms with van der Waals surface area (Å²) in [5, 5.41) is 12.8. The van der Waals surface area contributed by atoms with E-state index in [4.69, 9.17) is 0 Å². The van der Waals surface area contributed by atoms with Gasteiger partial charge >= 0.3 is 0 Å². The summed E-state index contributed by atoms with van der Waals surface area (Å²) in [5.74, 6) is -2.32. The van der Waals surface area contributed by atoms with Crippen molar-refractivity contribution in [1.82, 2.24) is 0 Å². The topological polar surface area (TPSA) is 57.6 Å². The Morgan fingerprint density at radius 2 is 1.86 bits per heavy atom. The minimum absolute atomic E-state index is 0.00552. The summed E-state index contributed by atoms with van der Waals surface area (Å²) in [5.41, 5.74) is 1.83. The molecule has 2 aromatic carbocycles. The first-order valence-electron chi connectivity index (χ1n) is 9.20. The molecule has 1 fully saturated rings. The quantitative estimate of drug-likeness (QED) is 0.373. The van der Waals surface area contributed by atoms with E-state index >= 15 is 0 Å². The van der Waals surface area contributed by atoms with Crippen LogP contribution in [0.5, 0.6) is 0 Å². The van der Waals surface area contributed by atoms with Crippen molar-refractivity contribution in [2.75, 3.05) is 4.90 Å². The smallest absolute Gasteiger partial charge is 0.300 e. The highest BCUT2D eigenvalue weighted by Gasteiger charge is 2.47. The summed E-state index contributed by atoms with van der Waals surface area (Å²) in [6.45, 7) is 2.02. The molecule has 1 unspecified atom stereocenters. The first-order valence-corrected chi connectivity index (χ1v) is 10.1. The molecule has 1 amide bonds. The monoisotopic (exact) mass is 407 g/mol. The van der Waals surface area contributed by atoms with Gasteiger partial charge in [0.2, 0.25) is 0 Å². The average Bonchev–Trinajstić information content (AvgIpc) is 3.35. The second kappa shape index (κ2) is 7.64. The summed E-state index contributed by atoms with van der Waals surface area (Å²) in [6, 6.07) is 15.5. The number of anilines is 1. The summed E-state index contributed by atoms with van der Waals surface area (Å²) in [7, 11) is 0. The molecule has 4 nitrogen and oxygen atoms in total. The number of hydrogen-bond acceptors (Lipinski definition) is 4. The number of amides is 1. The fourth-order valence-corrected chi connectivity index (χ4v) is 4.32. The third-order valence-corrected chi connectivity index (χ3v) is 5.90. The second-order valence-corrected chi connectivity index (χ2v) is 7.69. The van der Waals surface area contributed by atoms with Crippen LogP contribution in [-0.2, 0) is 16.0 Å². The number of thiophene rings is 1. The first-order chi connectivity index (χ1) is 14.0. The molecule has 1 saturated heterocycles. The van der Waals surface area contributed by atoms with Gasteiger partial charge in [0.1, 0.15) is 17.6 Å². The Hall–Kier alpha value is -3.25. The maximum atomic E-state index is 13.8. The SMILES string of the molecule is CCc1ccc(/C(O)=C2/C(=O)C(=O)N(c3cccc(F)c3)C2c2cccs2)cc1. The van der Waals surface area contributed by atoms with E-state index in [-0.39, 0.29) is 17.0 Å². The molecule has 4 rings (SSSR count). The maximum Gasteiger partial charge on any atom is 0.300 e. The molecule has 146 valence electrons. The Morgan fingerprint density at radius 1 is 1.10 bits per heavy atom. The van der Waals surface area contributed by atoms with Gasteiger partial charge in [0, 0.05) is 16.1 Å². The lowest BCUT2D eigenvalue weighted by Crippen LogP contribution is -2.29. The fraction of sp³-hybridized carbons (Fsp3) is 0.130. The van der Waals surface area contributed by atoms with Gasteiger partial charge < -0.3 is 5.11 Å². The molecule has 6 heteroatoms. The lowest BCUT2D eigenvalue weighted by Gasteiger charge is -2.24. The zero-order valence-corrected chi connectivity index (χ0v) is 16.4. The van der Waals surface area contributed by atoms with Gasteiger partial charge in [-0.25, -0.2) is 4.39 Å². The Labute approximate surface area is 171 Å². The van der Waals surface area contributed by atoms with Crippen LogP contribution in [0, 0.1) is 5.82 Å². The molecule has 1 aliphatic heterocycles. The molecule has 0 bridgehead atoms. The van der Waals surface area contributed by atoms with E-state index in [9.17, 15) is 19.1 Å². The van der Waals surface area contributed by atoms with E-state index in [2.05, 4.69) is 0 Å². The molecular weight excluding hydrogens is 389 g/mol. The lowest BCUT2D eigenvalue weighted by atomic mass is 9.99. The Kier molecular flexibility index (Phi) is 5.03. The molecule has 0 aliphatic carbocycles. The Morgan fingerprint density at radius 3 is 2.48 bits per heavy atom. The van der Waals surface area contributed by atoms with E-state index in [1.54, 1.807) is 24.3 Å². The van der Waals surface area contributed by atoms with Gasteiger partial charge in [-0.1, -0.05) is 43.3 Å². The van der Waals surface area contributed by atoms with Crippen LogP contribution in [-0.4, -0.2) is 16.8 Å². The highest BCUT2D eigenvalue weighted by atomic mass is 32.1. The number of rotatable bonds is 4. The summed E-state index contributed by atoms with van der Waals surface area (Å²) in [4.78, 5) is 27.8. The Balaban J connectivity index is 1.90. The summed E-state index contributed by atoms with van der Waals surface area (Å²) >= 11 is 1.36. The molecular formula is C23H18FNO3S. The van der Waals surface area contributed by atoms with Crippen LogP contribution in [0.4, 0.5) is 10.1 Å². The van der Waals surface area contributed by atoms with Gasteiger partial charge in [-0.3, -0.25) is 14.5 Å². The van der Waals surface area contributed by atoms with Crippen molar-refractivity contribution in [2.45, 2.75) is 19.4 Å². The van der Waals surface area contributed by atoms with Gasteiger partial charge in [-0.2, -0.15) is 0 Å². The number of aryl methyl sites for hydroxylation is 1. The number of aliphatic hydroxyl groups excluding tert-OH is 1. The number of nitrogens with zero attached hydrogens (tertiary/aromatic N) is 1. The molecule has 1 aromatic heterocycles. The van der Waals surface area contributed by atoms with Crippen LogP contribution in [0.3, 0.4) is 0 Å². The van der Waals surface area contributed by atoms with Crippen molar-refractivity contribution in [3.8, 4) is 0 Å². The molecule has 0 spiro atoms. The highest BCUT2D eigenvalue weighted by molar-refractivity contribution is 7.10. The number of Topliss-reactive ketones (excluding diaryl/α,β-unsaturated/α-hetero) is 1. The molecule has 1 aliphatic rings. The number of ketones is 1. The van der Waals surface area contributed by atoms with Gasteiger partial charge in [-0.15, -0.1) is 11.3 Å². The first kappa shape index (κ1) is 19.1.